The van der Waals surface area contributed by atoms with Gasteiger partial charge >= 0.3 is 0 Å². The maximum Gasteiger partial charge on any atom is 0.119 e. The zero-order chi connectivity index (χ0) is 22.8. The smallest absolute Gasteiger partial charge is 0.119 e. The molecular weight excluding hydrogens is 398 g/mol. The van der Waals surface area contributed by atoms with Crippen LogP contribution in [0.4, 0.5) is 0 Å². The average molecular weight is 441 g/mol. The number of ether oxygens (including phenoxy) is 2. The first-order valence-corrected chi connectivity index (χ1v) is 12.4. The number of unbranched alkanes of at least 4 members (excludes halogenated alkanes) is 2. The van der Waals surface area contributed by atoms with Crippen LogP contribution in [0.15, 0.2) is 54.6 Å². The van der Waals surface area contributed by atoms with E-state index in [1.165, 1.54) is 23.3 Å². The lowest BCUT2D eigenvalue weighted by molar-refractivity contribution is -0.910. The highest BCUT2D eigenvalue weighted by Crippen LogP contribution is 2.41. The van der Waals surface area contributed by atoms with E-state index < -0.39 is 5.60 Å². The van der Waals surface area contributed by atoms with Crippen LogP contribution in [0.5, 0.6) is 5.75 Å². The molecule has 0 saturated carbocycles. The Morgan fingerprint density at radius 3 is 2.31 bits per heavy atom. The summed E-state index contributed by atoms with van der Waals surface area (Å²) in [5, 5.41) is 12.3. The summed E-state index contributed by atoms with van der Waals surface area (Å²) in [7, 11) is 0. The fourth-order valence-electron chi connectivity index (χ4n) is 4.87. The van der Waals surface area contributed by atoms with E-state index in [9.17, 15) is 5.11 Å². The van der Waals surface area contributed by atoms with Crippen LogP contribution in [0, 0.1) is 5.92 Å². The molecule has 2 atom stereocenters. The van der Waals surface area contributed by atoms with E-state index in [2.05, 4.69) is 57.2 Å². The first-order valence-electron chi connectivity index (χ1n) is 12.4. The lowest BCUT2D eigenvalue weighted by Gasteiger charge is -2.40. The Bertz CT molecular complexity index is 771. The minimum atomic E-state index is -0.943. The summed E-state index contributed by atoms with van der Waals surface area (Å²) in [6.45, 7) is 11.8. The predicted molar refractivity (Wildman–Crippen MR) is 130 cm³/mol. The summed E-state index contributed by atoms with van der Waals surface area (Å²) in [6.07, 6.45) is 4.17. The standard InChI is InChI=1S/C28H41NO3/c1-4-5-9-18-32-26-14-12-25(13-15-26)28(30,21-23(2)3)27(24-10-7-6-8-11-24)22-29-16-19-31-20-17-29/h6-8,10-15,23,27,30H,4-5,9,16-22H2,1-3H3/p+1/t27-,28-/m0/s1. The van der Waals surface area contributed by atoms with Gasteiger partial charge in [-0.05, 0) is 42.0 Å². The van der Waals surface area contributed by atoms with E-state index in [-0.39, 0.29) is 5.92 Å². The molecule has 0 amide bonds. The number of hydrogen-bond donors (Lipinski definition) is 2. The molecule has 0 radical (unpaired) electrons. The molecule has 1 heterocycles. The molecule has 176 valence electrons. The Balaban J connectivity index is 1.88. The van der Waals surface area contributed by atoms with Crippen LogP contribution < -0.4 is 9.64 Å². The van der Waals surface area contributed by atoms with Crippen molar-refractivity contribution < 1.29 is 19.5 Å². The third-order valence-electron chi connectivity index (χ3n) is 6.56. The van der Waals surface area contributed by atoms with Crippen molar-refractivity contribution in [2.75, 3.05) is 39.5 Å². The number of nitrogens with one attached hydrogen (secondary N) is 1. The molecular formula is C28H42NO3+. The van der Waals surface area contributed by atoms with Gasteiger partial charge in [-0.1, -0.05) is 76.1 Å². The summed E-state index contributed by atoms with van der Waals surface area (Å²) in [5.41, 5.74) is 1.24. The molecule has 4 heteroatoms. The molecule has 2 aromatic carbocycles. The maximum atomic E-state index is 12.3. The van der Waals surface area contributed by atoms with Crippen molar-refractivity contribution in [3.05, 3.63) is 65.7 Å². The molecule has 1 fully saturated rings. The van der Waals surface area contributed by atoms with Gasteiger partial charge in [0, 0.05) is 0 Å². The van der Waals surface area contributed by atoms with Gasteiger partial charge in [0.2, 0.25) is 0 Å². The zero-order valence-corrected chi connectivity index (χ0v) is 20.2. The highest BCUT2D eigenvalue weighted by Gasteiger charge is 2.42. The van der Waals surface area contributed by atoms with E-state index in [0.717, 1.165) is 57.2 Å². The maximum absolute atomic E-state index is 12.3. The average Bonchev–Trinajstić information content (AvgIpc) is 2.81. The minimum Gasteiger partial charge on any atom is -0.494 e. The van der Waals surface area contributed by atoms with Crippen molar-refractivity contribution >= 4 is 0 Å². The van der Waals surface area contributed by atoms with Crippen molar-refractivity contribution in [2.24, 2.45) is 5.92 Å². The number of hydrogen-bond acceptors (Lipinski definition) is 3. The molecule has 0 bridgehead atoms. The fourth-order valence-corrected chi connectivity index (χ4v) is 4.87. The number of aliphatic hydroxyl groups is 1. The zero-order valence-electron chi connectivity index (χ0n) is 20.2. The number of morpholine rings is 1. The van der Waals surface area contributed by atoms with Crippen molar-refractivity contribution in [1.82, 2.24) is 0 Å². The Labute approximate surface area is 194 Å². The number of benzene rings is 2. The Morgan fingerprint density at radius 2 is 1.69 bits per heavy atom. The molecule has 0 unspecified atom stereocenters. The van der Waals surface area contributed by atoms with Gasteiger partial charge in [-0.15, -0.1) is 0 Å². The number of rotatable bonds is 12. The second-order valence-electron chi connectivity index (χ2n) is 9.63. The van der Waals surface area contributed by atoms with Crippen molar-refractivity contribution in [3.63, 3.8) is 0 Å². The van der Waals surface area contributed by atoms with Crippen molar-refractivity contribution in [1.29, 1.82) is 0 Å². The summed E-state index contributed by atoms with van der Waals surface area (Å²) in [5.74, 6) is 1.26. The molecule has 0 spiro atoms. The molecule has 1 aliphatic rings. The van der Waals surface area contributed by atoms with Crippen LogP contribution in [-0.2, 0) is 10.3 Å². The quantitative estimate of drug-likeness (QED) is 0.487. The number of quaternary nitrogens is 1. The van der Waals surface area contributed by atoms with Gasteiger partial charge in [-0.2, -0.15) is 0 Å². The van der Waals surface area contributed by atoms with Gasteiger partial charge in [-0.3, -0.25) is 0 Å². The molecule has 1 aliphatic heterocycles. The summed E-state index contributed by atoms with van der Waals surface area (Å²) in [6, 6.07) is 18.7. The molecule has 3 rings (SSSR count). The monoisotopic (exact) mass is 440 g/mol. The Hall–Kier alpha value is -1.88. The van der Waals surface area contributed by atoms with E-state index in [1.807, 2.05) is 18.2 Å². The molecule has 1 saturated heterocycles. The van der Waals surface area contributed by atoms with Gasteiger partial charge < -0.3 is 19.5 Å². The molecule has 2 aromatic rings. The largest absolute Gasteiger partial charge is 0.494 e. The third kappa shape index (κ3) is 6.81. The predicted octanol–water partition coefficient (Wildman–Crippen LogP) is 4.19. The second-order valence-corrected chi connectivity index (χ2v) is 9.63. The van der Waals surface area contributed by atoms with E-state index in [4.69, 9.17) is 9.47 Å². The van der Waals surface area contributed by atoms with Crippen molar-refractivity contribution in [2.45, 2.75) is 58.0 Å². The van der Waals surface area contributed by atoms with Gasteiger partial charge in [0.1, 0.15) is 24.4 Å². The SMILES string of the molecule is CCCCCOc1ccc([C@@](O)(CC(C)C)[C@@H](C[NH+]2CCOCC2)c2ccccc2)cc1. The molecule has 2 N–H and O–H groups in total. The fraction of sp³-hybridized carbons (Fsp3) is 0.571. The van der Waals surface area contributed by atoms with Gasteiger partial charge in [-0.25, -0.2) is 0 Å². The van der Waals surface area contributed by atoms with E-state index >= 15 is 0 Å². The normalized spacial score (nSPS) is 17.8. The first kappa shape index (κ1) is 24.8. The van der Waals surface area contributed by atoms with Crippen molar-refractivity contribution in [3.8, 4) is 5.75 Å². The molecule has 0 aliphatic carbocycles. The summed E-state index contributed by atoms with van der Waals surface area (Å²) >= 11 is 0. The summed E-state index contributed by atoms with van der Waals surface area (Å²) in [4.78, 5) is 1.50. The molecule has 4 nitrogen and oxygen atoms in total. The third-order valence-corrected chi connectivity index (χ3v) is 6.56. The Kier molecular flexibility index (Phi) is 9.58. The van der Waals surface area contributed by atoms with Crippen LogP contribution in [0.25, 0.3) is 0 Å². The van der Waals surface area contributed by atoms with Gasteiger partial charge in [0.15, 0.2) is 0 Å². The minimum absolute atomic E-state index is 0.00974. The summed E-state index contributed by atoms with van der Waals surface area (Å²) < 4.78 is 11.5. The highest BCUT2D eigenvalue weighted by molar-refractivity contribution is 5.35. The molecule has 32 heavy (non-hydrogen) atoms. The van der Waals surface area contributed by atoms with Crippen LogP contribution in [0.3, 0.4) is 0 Å². The Morgan fingerprint density at radius 1 is 1.00 bits per heavy atom. The van der Waals surface area contributed by atoms with Gasteiger partial charge in [0.05, 0.1) is 32.3 Å². The van der Waals surface area contributed by atoms with Crippen LogP contribution in [-0.4, -0.2) is 44.6 Å². The van der Waals surface area contributed by atoms with Crippen LogP contribution in [0.2, 0.25) is 0 Å². The molecule has 0 aromatic heterocycles. The topological polar surface area (TPSA) is 43.1 Å². The van der Waals surface area contributed by atoms with E-state index in [0.29, 0.717) is 12.3 Å². The lowest BCUT2D eigenvalue weighted by atomic mass is 9.72. The van der Waals surface area contributed by atoms with Crippen LogP contribution in [0.1, 0.15) is 63.5 Å². The van der Waals surface area contributed by atoms with Gasteiger partial charge in [0.25, 0.3) is 0 Å². The second kappa shape index (κ2) is 12.4. The lowest BCUT2D eigenvalue weighted by Crippen LogP contribution is -3.14. The highest BCUT2D eigenvalue weighted by atomic mass is 16.5. The van der Waals surface area contributed by atoms with E-state index in [1.54, 1.807) is 0 Å². The van der Waals surface area contributed by atoms with Crippen LogP contribution >= 0.6 is 0 Å². The first-order chi connectivity index (χ1) is 15.5.